The number of carbonyl (C=O) groups excluding carboxylic acids is 1. The van der Waals surface area contributed by atoms with Crippen LogP contribution < -0.4 is 5.32 Å². The molecule has 0 amide bonds. The molecule has 6 heteroatoms. The van der Waals surface area contributed by atoms with Crippen molar-refractivity contribution >= 4 is 39.2 Å². The topological polar surface area (TPSA) is 47.6 Å². The lowest BCUT2D eigenvalue weighted by Crippen LogP contribution is -2.18. The van der Waals surface area contributed by atoms with E-state index in [1.807, 2.05) is 0 Å². The van der Waals surface area contributed by atoms with E-state index in [9.17, 15) is 4.79 Å². The minimum Gasteiger partial charge on any atom is -0.426 e. The molecule has 1 N–H and O–H groups in total. The third-order valence-corrected chi connectivity index (χ3v) is 3.21. The van der Waals surface area contributed by atoms with Gasteiger partial charge in [0.1, 0.15) is 10.2 Å². The molecule has 0 saturated heterocycles. The lowest BCUT2D eigenvalue weighted by molar-refractivity contribution is -0.155. The lowest BCUT2D eigenvalue weighted by Gasteiger charge is -2.13. The molecule has 2 rings (SSSR count). The zero-order valence-electron chi connectivity index (χ0n) is 8.87. The van der Waals surface area contributed by atoms with Crippen molar-refractivity contribution in [2.75, 3.05) is 12.4 Å². The monoisotopic (exact) mass is 317 g/mol. The van der Waals surface area contributed by atoms with Gasteiger partial charge in [0.15, 0.2) is 0 Å². The largest absolute Gasteiger partial charge is 0.426 e. The van der Waals surface area contributed by atoms with E-state index in [0.29, 0.717) is 15.2 Å². The highest BCUT2D eigenvalue weighted by Gasteiger charge is 2.33. The van der Waals surface area contributed by atoms with Gasteiger partial charge in [-0.05, 0) is 40.2 Å². The molecule has 0 aliphatic carbocycles. The summed E-state index contributed by atoms with van der Waals surface area (Å²) in [6.07, 6.45) is -0.715. The van der Waals surface area contributed by atoms with Gasteiger partial charge in [-0.25, -0.2) is 4.79 Å². The van der Waals surface area contributed by atoms with Crippen molar-refractivity contribution in [2.45, 2.75) is 6.29 Å². The molecule has 1 heterocycles. The van der Waals surface area contributed by atoms with Gasteiger partial charge in [-0.3, -0.25) is 0 Å². The van der Waals surface area contributed by atoms with Gasteiger partial charge in [-0.2, -0.15) is 0 Å². The average Bonchev–Trinajstić information content (AvgIpc) is 2.59. The number of rotatable bonds is 3. The van der Waals surface area contributed by atoms with Crippen LogP contribution in [0.1, 0.15) is 0 Å². The van der Waals surface area contributed by atoms with Crippen molar-refractivity contribution in [1.82, 2.24) is 0 Å². The Morgan fingerprint density at radius 3 is 2.65 bits per heavy atom. The molecule has 0 radical (unpaired) electrons. The SMILES string of the molecule is CO[C@@H]1OC(=O)C(Br)=C1Nc1ccc(Cl)cc1. The Hall–Kier alpha value is -1.04. The number of methoxy groups -OCH3 is 1. The van der Waals surface area contributed by atoms with Crippen LogP contribution in [0.25, 0.3) is 0 Å². The third-order valence-electron chi connectivity index (χ3n) is 2.20. The molecule has 1 aliphatic rings. The summed E-state index contributed by atoms with van der Waals surface area (Å²) in [5, 5.41) is 3.70. The summed E-state index contributed by atoms with van der Waals surface area (Å²) in [6.45, 7) is 0. The number of anilines is 1. The summed E-state index contributed by atoms with van der Waals surface area (Å²) in [5.41, 5.74) is 1.33. The van der Waals surface area contributed by atoms with E-state index in [0.717, 1.165) is 5.69 Å². The number of nitrogens with one attached hydrogen (secondary N) is 1. The molecule has 17 heavy (non-hydrogen) atoms. The Kier molecular flexibility index (Phi) is 3.71. The summed E-state index contributed by atoms with van der Waals surface area (Å²) in [6, 6.07) is 7.09. The number of cyclic esters (lactones) is 1. The average molecular weight is 319 g/mol. The summed E-state index contributed by atoms with van der Waals surface area (Å²) in [5.74, 6) is -0.451. The molecule has 0 spiro atoms. The molecule has 0 aromatic heterocycles. The van der Waals surface area contributed by atoms with E-state index in [2.05, 4.69) is 21.2 Å². The number of hydrogen-bond donors (Lipinski definition) is 1. The molecule has 1 atom stereocenters. The van der Waals surface area contributed by atoms with E-state index in [1.165, 1.54) is 7.11 Å². The molecule has 1 aromatic rings. The van der Waals surface area contributed by atoms with Crippen LogP contribution in [0.15, 0.2) is 34.4 Å². The van der Waals surface area contributed by atoms with Gasteiger partial charge in [0, 0.05) is 17.8 Å². The maximum atomic E-state index is 11.3. The smallest absolute Gasteiger partial charge is 0.349 e. The number of esters is 1. The second-order valence-corrected chi connectivity index (χ2v) is 4.56. The number of ether oxygens (including phenoxy) is 2. The van der Waals surface area contributed by atoms with Crippen LogP contribution in [-0.4, -0.2) is 19.4 Å². The van der Waals surface area contributed by atoms with E-state index in [4.69, 9.17) is 21.1 Å². The zero-order valence-corrected chi connectivity index (χ0v) is 11.2. The van der Waals surface area contributed by atoms with Crippen molar-refractivity contribution in [1.29, 1.82) is 0 Å². The van der Waals surface area contributed by atoms with Crippen LogP contribution >= 0.6 is 27.5 Å². The number of halogens is 2. The fourth-order valence-electron chi connectivity index (χ4n) is 1.39. The van der Waals surface area contributed by atoms with E-state index in [1.54, 1.807) is 24.3 Å². The molecule has 1 aromatic carbocycles. The highest BCUT2D eigenvalue weighted by atomic mass is 79.9. The minimum atomic E-state index is -0.715. The van der Waals surface area contributed by atoms with Crippen LogP contribution in [-0.2, 0) is 14.3 Å². The van der Waals surface area contributed by atoms with Crippen LogP contribution in [0.2, 0.25) is 5.02 Å². The Balaban J connectivity index is 2.22. The number of hydrogen-bond acceptors (Lipinski definition) is 4. The van der Waals surface area contributed by atoms with Gasteiger partial charge in [0.05, 0.1) is 0 Å². The molecular formula is C11H9BrClNO3. The van der Waals surface area contributed by atoms with Crippen molar-refractivity contribution < 1.29 is 14.3 Å². The summed E-state index contributed by atoms with van der Waals surface area (Å²) in [4.78, 5) is 11.3. The van der Waals surface area contributed by atoms with Crippen LogP contribution in [0.4, 0.5) is 5.69 Å². The fraction of sp³-hybridized carbons (Fsp3) is 0.182. The van der Waals surface area contributed by atoms with Gasteiger partial charge in [0.2, 0.25) is 6.29 Å². The number of benzene rings is 1. The maximum Gasteiger partial charge on any atom is 0.349 e. The minimum absolute atomic E-state index is 0.333. The molecule has 0 unspecified atom stereocenters. The standard InChI is InChI=1S/C11H9BrClNO3/c1-16-11-9(8(12)10(15)17-11)14-7-4-2-6(13)3-5-7/h2-5,11,14H,1H3/t11-/m1/s1. The molecule has 0 fully saturated rings. The van der Waals surface area contributed by atoms with Gasteiger partial charge < -0.3 is 14.8 Å². The first-order chi connectivity index (χ1) is 8.11. The highest BCUT2D eigenvalue weighted by molar-refractivity contribution is 9.12. The van der Waals surface area contributed by atoms with Gasteiger partial charge in [-0.15, -0.1) is 0 Å². The molecule has 0 bridgehead atoms. The van der Waals surface area contributed by atoms with E-state index in [-0.39, 0.29) is 0 Å². The highest BCUT2D eigenvalue weighted by Crippen LogP contribution is 2.29. The predicted octanol–water partition coefficient (Wildman–Crippen LogP) is 2.89. The molecular weight excluding hydrogens is 309 g/mol. The van der Waals surface area contributed by atoms with Crippen molar-refractivity contribution in [2.24, 2.45) is 0 Å². The Bertz CT molecular complexity index is 472. The summed E-state index contributed by atoms with van der Waals surface area (Å²) in [7, 11) is 1.47. The molecule has 0 saturated carbocycles. The summed E-state index contributed by atoms with van der Waals surface area (Å²) >= 11 is 8.94. The van der Waals surface area contributed by atoms with E-state index >= 15 is 0 Å². The molecule has 1 aliphatic heterocycles. The zero-order chi connectivity index (χ0) is 12.4. The number of carbonyl (C=O) groups is 1. The second kappa shape index (κ2) is 5.08. The van der Waals surface area contributed by atoms with Crippen LogP contribution in [0.5, 0.6) is 0 Å². The van der Waals surface area contributed by atoms with Gasteiger partial charge >= 0.3 is 5.97 Å². The van der Waals surface area contributed by atoms with Crippen molar-refractivity contribution in [3.8, 4) is 0 Å². The fourth-order valence-corrected chi connectivity index (χ4v) is 1.90. The predicted molar refractivity (Wildman–Crippen MR) is 67.9 cm³/mol. The Morgan fingerprint density at radius 2 is 2.06 bits per heavy atom. The Morgan fingerprint density at radius 1 is 1.41 bits per heavy atom. The first-order valence-corrected chi connectivity index (χ1v) is 5.95. The van der Waals surface area contributed by atoms with E-state index < -0.39 is 12.3 Å². The molecule has 4 nitrogen and oxygen atoms in total. The first-order valence-electron chi connectivity index (χ1n) is 4.78. The van der Waals surface area contributed by atoms with Gasteiger partial charge in [0.25, 0.3) is 0 Å². The second-order valence-electron chi connectivity index (χ2n) is 3.33. The first kappa shape index (κ1) is 12.4. The van der Waals surface area contributed by atoms with Crippen LogP contribution in [0.3, 0.4) is 0 Å². The van der Waals surface area contributed by atoms with Gasteiger partial charge in [-0.1, -0.05) is 11.6 Å². The quantitative estimate of drug-likeness (QED) is 0.871. The third kappa shape index (κ3) is 2.62. The van der Waals surface area contributed by atoms with Crippen LogP contribution in [0, 0.1) is 0 Å². The Labute approximate surface area is 112 Å². The normalized spacial score (nSPS) is 19.5. The van der Waals surface area contributed by atoms with Crippen molar-refractivity contribution in [3.63, 3.8) is 0 Å². The lowest BCUT2D eigenvalue weighted by atomic mass is 10.3. The van der Waals surface area contributed by atoms with Crippen molar-refractivity contribution in [3.05, 3.63) is 39.5 Å². The molecule has 90 valence electrons. The summed E-state index contributed by atoms with van der Waals surface area (Å²) < 4.78 is 10.3. The maximum absolute atomic E-state index is 11.3.